The van der Waals surface area contributed by atoms with Gasteiger partial charge in [-0.05, 0) is 74.9 Å². The highest BCUT2D eigenvalue weighted by atomic mass is 32.2. The second-order valence-corrected chi connectivity index (χ2v) is 10.0. The summed E-state index contributed by atoms with van der Waals surface area (Å²) >= 11 is 0. The van der Waals surface area contributed by atoms with E-state index >= 15 is 0 Å². The fourth-order valence-corrected chi connectivity index (χ4v) is 5.07. The van der Waals surface area contributed by atoms with Gasteiger partial charge in [0, 0.05) is 0 Å². The van der Waals surface area contributed by atoms with E-state index < -0.39 is 28.5 Å². The Morgan fingerprint density at radius 3 is 2.17 bits per heavy atom. The molecule has 0 fully saturated rings. The van der Waals surface area contributed by atoms with Crippen molar-refractivity contribution < 1.29 is 27.4 Å². The van der Waals surface area contributed by atoms with Gasteiger partial charge in [0.2, 0.25) is 5.91 Å². The lowest BCUT2D eigenvalue weighted by atomic mass is 10.1. The van der Waals surface area contributed by atoms with Crippen LogP contribution in [0.1, 0.15) is 31.0 Å². The molecule has 8 nitrogen and oxygen atoms in total. The molecule has 0 spiro atoms. The molecule has 3 rings (SSSR count). The molecule has 192 valence electrons. The number of ether oxygens (including phenoxy) is 3. The zero-order chi connectivity index (χ0) is 26.3. The van der Waals surface area contributed by atoms with E-state index in [1.54, 1.807) is 55.6 Å². The summed E-state index contributed by atoms with van der Waals surface area (Å²) < 4.78 is 44.4. The quantitative estimate of drug-likeness (QED) is 0.407. The smallest absolute Gasteiger partial charge is 0.264 e. The van der Waals surface area contributed by atoms with Gasteiger partial charge in [0.25, 0.3) is 10.0 Å². The van der Waals surface area contributed by atoms with Gasteiger partial charge in [-0.2, -0.15) is 0 Å². The second-order valence-electron chi connectivity index (χ2n) is 8.16. The van der Waals surface area contributed by atoms with Crippen LogP contribution in [0.3, 0.4) is 0 Å². The van der Waals surface area contributed by atoms with Gasteiger partial charge >= 0.3 is 0 Å². The van der Waals surface area contributed by atoms with Crippen LogP contribution < -0.4 is 23.8 Å². The SMILES string of the molecule is CCOc1ccc(S(=O)(=O)N(CC(=O)N[C@H](C)c2ccc(OC)c(OC)c2)c2ccc(C)cc2)cc1. The van der Waals surface area contributed by atoms with Crippen LogP contribution in [-0.2, 0) is 14.8 Å². The van der Waals surface area contributed by atoms with Crippen molar-refractivity contribution in [3.63, 3.8) is 0 Å². The third kappa shape index (κ3) is 6.28. The molecule has 1 N–H and O–H groups in total. The summed E-state index contributed by atoms with van der Waals surface area (Å²) in [5.74, 6) is 1.23. The highest BCUT2D eigenvalue weighted by Crippen LogP contribution is 2.30. The molecule has 9 heteroatoms. The van der Waals surface area contributed by atoms with E-state index in [1.165, 1.54) is 19.2 Å². The Kier molecular flexibility index (Phi) is 8.82. The first kappa shape index (κ1) is 26.9. The number of nitrogens with one attached hydrogen (secondary N) is 1. The third-order valence-corrected chi connectivity index (χ3v) is 7.41. The normalized spacial score (nSPS) is 11.9. The largest absolute Gasteiger partial charge is 0.494 e. The Morgan fingerprint density at radius 2 is 1.58 bits per heavy atom. The number of hydrogen-bond acceptors (Lipinski definition) is 6. The highest BCUT2D eigenvalue weighted by Gasteiger charge is 2.28. The van der Waals surface area contributed by atoms with Crippen LogP contribution in [0.2, 0.25) is 0 Å². The van der Waals surface area contributed by atoms with Gasteiger partial charge in [0.15, 0.2) is 11.5 Å². The summed E-state index contributed by atoms with van der Waals surface area (Å²) in [5, 5.41) is 2.88. The lowest BCUT2D eigenvalue weighted by Gasteiger charge is -2.25. The molecule has 0 aliphatic rings. The van der Waals surface area contributed by atoms with E-state index in [0.717, 1.165) is 15.4 Å². The van der Waals surface area contributed by atoms with Gasteiger partial charge in [0.05, 0.1) is 37.5 Å². The number of aryl methyl sites for hydroxylation is 1. The first-order chi connectivity index (χ1) is 17.2. The molecular formula is C27H32N2O6S. The number of carbonyl (C=O) groups is 1. The van der Waals surface area contributed by atoms with Crippen molar-refractivity contribution in [2.24, 2.45) is 0 Å². The Labute approximate surface area is 212 Å². The maximum Gasteiger partial charge on any atom is 0.264 e. The molecule has 3 aromatic rings. The molecular weight excluding hydrogens is 480 g/mol. The van der Waals surface area contributed by atoms with E-state index in [-0.39, 0.29) is 4.90 Å². The Hall–Kier alpha value is -3.72. The van der Waals surface area contributed by atoms with Crippen molar-refractivity contribution in [1.82, 2.24) is 5.32 Å². The molecule has 0 heterocycles. The first-order valence-electron chi connectivity index (χ1n) is 11.5. The molecule has 0 aliphatic heterocycles. The molecule has 1 amide bonds. The van der Waals surface area contributed by atoms with Crippen LogP contribution >= 0.6 is 0 Å². The summed E-state index contributed by atoms with van der Waals surface area (Å²) in [6.45, 7) is 5.66. The number of anilines is 1. The Balaban J connectivity index is 1.86. The highest BCUT2D eigenvalue weighted by molar-refractivity contribution is 7.92. The van der Waals surface area contributed by atoms with Crippen molar-refractivity contribution in [2.75, 3.05) is 31.7 Å². The van der Waals surface area contributed by atoms with Crippen LogP contribution in [0.15, 0.2) is 71.6 Å². The molecule has 0 radical (unpaired) electrons. The van der Waals surface area contributed by atoms with Crippen LogP contribution in [0.5, 0.6) is 17.2 Å². The third-order valence-electron chi connectivity index (χ3n) is 5.62. The van der Waals surface area contributed by atoms with Crippen LogP contribution in [0.4, 0.5) is 5.69 Å². The van der Waals surface area contributed by atoms with Crippen LogP contribution in [0, 0.1) is 6.92 Å². The number of methoxy groups -OCH3 is 2. The van der Waals surface area contributed by atoms with E-state index in [4.69, 9.17) is 14.2 Å². The molecule has 1 atom stereocenters. The van der Waals surface area contributed by atoms with Crippen molar-refractivity contribution in [2.45, 2.75) is 31.7 Å². The average Bonchev–Trinajstić information content (AvgIpc) is 2.88. The molecule has 0 bridgehead atoms. The number of sulfonamides is 1. The van der Waals surface area contributed by atoms with Crippen molar-refractivity contribution in [3.8, 4) is 17.2 Å². The minimum Gasteiger partial charge on any atom is -0.494 e. The van der Waals surface area contributed by atoms with E-state index in [0.29, 0.717) is 29.5 Å². The molecule has 3 aromatic carbocycles. The van der Waals surface area contributed by atoms with Crippen molar-refractivity contribution in [3.05, 3.63) is 77.9 Å². The minimum absolute atomic E-state index is 0.0623. The standard InChI is InChI=1S/C27H32N2O6S/c1-6-35-23-12-14-24(15-13-23)36(31,32)29(22-10-7-19(2)8-11-22)18-27(30)28-20(3)21-9-16-25(33-4)26(17-21)34-5/h7-17,20H,6,18H2,1-5H3,(H,28,30)/t20-/m1/s1. The maximum atomic E-state index is 13.6. The zero-order valence-corrected chi connectivity index (χ0v) is 22.0. The number of amides is 1. The van der Waals surface area contributed by atoms with Crippen molar-refractivity contribution in [1.29, 1.82) is 0 Å². The fourth-order valence-electron chi connectivity index (χ4n) is 3.65. The van der Waals surface area contributed by atoms with Gasteiger partial charge in [-0.25, -0.2) is 8.42 Å². The predicted molar refractivity (Wildman–Crippen MR) is 139 cm³/mol. The molecule has 0 aromatic heterocycles. The first-order valence-corrected chi connectivity index (χ1v) is 13.0. The topological polar surface area (TPSA) is 94.2 Å². The van der Waals surface area contributed by atoms with E-state index in [1.807, 2.05) is 26.8 Å². The Bertz CT molecular complexity index is 1270. The zero-order valence-electron chi connectivity index (χ0n) is 21.1. The van der Waals surface area contributed by atoms with Crippen LogP contribution in [0.25, 0.3) is 0 Å². The van der Waals surface area contributed by atoms with E-state index in [2.05, 4.69) is 5.32 Å². The molecule has 0 aliphatic carbocycles. The maximum absolute atomic E-state index is 13.6. The Morgan fingerprint density at radius 1 is 0.944 bits per heavy atom. The number of rotatable bonds is 11. The number of hydrogen-bond donors (Lipinski definition) is 1. The molecule has 36 heavy (non-hydrogen) atoms. The number of nitrogens with zero attached hydrogens (tertiary/aromatic N) is 1. The van der Waals surface area contributed by atoms with Gasteiger partial charge in [-0.15, -0.1) is 0 Å². The van der Waals surface area contributed by atoms with E-state index in [9.17, 15) is 13.2 Å². The van der Waals surface area contributed by atoms with Gasteiger partial charge < -0.3 is 19.5 Å². The monoisotopic (exact) mass is 512 g/mol. The number of benzene rings is 3. The minimum atomic E-state index is -4.03. The summed E-state index contributed by atoms with van der Waals surface area (Å²) in [6, 6.07) is 18.1. The van der Waals surface area contributed by atoms with Gasteiger partial charge in [0.1, 0.15) is 12.3 Å². The van der Waals surface area contributed by atoms with Crippen LogP contribution in [-0.4, -0.2) is 41.7 Å². The van der Waals surface area contributed by atoms with Gasteiger partial charge in [-0.1, -0.05) is 23.8 Å². The average molecular weight is 513 g/mol. The van der Waals surface area contributed by atoms with Gasteiger partial charge in [-0.3, -0.25) is 9.10 Å². The summed E-state index contributed by atoms with van der Waals surface area (Å²) in [7, 11) is -0.947. The fraction of sp³-hybridized carbons (Fsp3) is 0.296. The summed E-state index contributed by atoms with van der Waals surface area (Å²) in [5.41, 5.74) is 2.16. The molecule has 0 saturated heterocycles. The summed E-state index contributed by atoms with van der Waals surface area (Å²) in [4.78, 5) is 13.1. The molecule has 0 saturated carbocycles. The second kappa shape index (κ2) is 11.8. The van der Waals surface area contributed by atoms with Crippen molar-refractivity contribution >= 4 is 21.6 Å². The molecule has 0 unspecified atom stereocenters. The predicted octanol–water partition coefficient (Wildman–Crippen LogP) is 4.48. The summed E-state index contributed by atoms with van der Waals surface area (Å²) in [6.07, 6.45) is 0. The number of carbonyl (C=O) groups excluding carboxylic acids is 1. The lowest BCUT2D eigenvalue weighted by Crippen LogP contribution is -2.41. The lowest BCUT2D eigenvalue weighted by molar-refractivity contribution is -0.120.